The van der Waals surface area contributed by atoms with Crippen LogP contribution >= 0.6 is 11.8 Å². The minimum atomic E-state index is -0.486. The summed E-state index contributed by atoms with van der Waals surface area (Å²) < 4.78 is 6.99. The second-order valence-electron chi connectivity index (χ2n) is 6.52. The molecule has 3 aromatic rings. The highest BCUT2D eigenvalue weighted by Crippen LogP contribution is 2.36. The topological polar surface area (TPSA) is 97.6 Å². The van der Waals surface area contributed by atoms with Crippen molar-refractivity contribution >= 4 is 28.9 Å². The number of thioether (sulfide) groups is 1. The Kier molecular flexibility index (Phi) is 5.89. The molecule has 0 aliphatic heterocycles. The number of benzene rings is 1. The van der Waals surface area contributed by atoms with E-state index in [-0.39, 0.29) is 12.3 Å². The zero-order valence-corrected chi connectivity index (χ0v) is 17.1. The number of aromatic nitrogens is 1. The highest BCUT2D eigenvalue weighted by Gasteiger charge is 2.26. The van der Waals surface area contributed by atoms with Gasteiger partial charge in [-0.2, -0.15) is 5.26 Å². The molecular formula is C21H19N3O4S. The summed E-state index contributed by atoms with van der Waals surface area (Å²) >= 11 is 1.35. The Hall–Kier alpha value is -3.31. The Morgan fingerprint density at radius 3 is 2.59 bits per heavy atom. The smallest absolute Gasteiger partial charge is 0.356 e. The molecule has 0 bridgehead atoms. The molecule has 0 fully saturated rings. The van der Waals surface area contributed by atoms with E-state index in [2.05, 4.69) is 6.07 Å². The first-order chi connectivity index (χ1) is 13.9. The van der Waals surface area contributed by atoms with Gasteiger partial charge in [-0.25, -0.2) is 4.79 Å². The van der Waals surface area contributed by atoms with Crippen LogP contribution in [0.3, 0.4) is 0 Å². The third-order valence-electron chi connectivity index (χ3n) is 4.42. The number of hydrogen-bond acceptors (Lipinski definition) is 6. The highest BCUT2D eigenvalue weighted by atomic mass is 32.2. The summed E-state index contributed by atoms with van der Waals surface area (Å²) in [4.78, 5) is 23.7. The zero-order valence-electron chi connectivity index (χ0n) is 16.3. The van der Waals surface area contributed by atoms with Gasteiger partial charge in [0.25, 0.3) is 5.69 Å². The number of carbonyl (C=O) groups excluding carboxylic acids is 1. The van der Waals surface area contributed by atoms with Crippen molar-refractivity contribution in [1.29, 1.82) is 5.26 Å². The number of ether oxygens (including phenoxy) is 1. The van der Waals surface area contributed by atoms with Crippen LogP contribution in [0.4, 0.5) is 5.69 Å². The van der Waals surface area contributed by atoms with Crippen molar-refractivity contribution in [2.24, 2.45) is 0 Å². The molecule has 0 atom stereocenters. The Balaban J connectivity index is 2.08. The minimum Gasteiger partial charge on any atom is -0.461 e. The fourth-order valence-electron chi connectivity index (χ4n) is 3.24. The number of nitro benzene ring substituents is 1. The summed E-state index contributed by atoms with van der Waals surface area (Å²) in [6, 6.07) is 10.4. The summed E-state index contributed by atoms with van der Waals surface area (Å²) in [6.07, 6.45) is 1.82. The first-order valence-corrected chi connectivity index (χ1v) is 9.94. The van der Waals surface area contributed by atoms with Gasteiger partial charge in [0.15, 0.2) is 0 Å². The van der Waals surface area contributed by atoms with Crippen molar-refractivity contribution in [2.75, 3.05) is 6.61 Å². The van der Waals surface area contributed by atoms with E-state index >= 15 is 0 Å². The summed E-state index contributed by atoms with van der Waals surface area (Å²) in [7, 11) is 0. The average Bonchev–Trinajstić information content (AvgIpc) is 3.00. The Morgan fingerprint density at radius 2 is 2.00 bits per heavy atom. The van der Waals surface area contributed by atoms with E-state index in [1.165, 1.54) is 23.9 Å². The Bertz CT molecular complexity index is 1140. The van der Waals surface area contributed by atoms with Gasteiger partial charge >= 0.3 is 5.97 Å². The molecule has 0 saturated carbocycles. The first kappa shape index (κ1) is 20.4. The van der Waals surface area contributed by atoms with E-state index in [0.29, 0.717) is 27.4 Å². The molecule has 0 unspecified atom stereocenters. The van der Waals surface area contributed by atoms with Crippen molar-refractivity contribution in [3.63, 3.8) is 0 Å². The van der Waals surface area contributed by atoms with Gasteiger partial charge in [0.05, 0.1) is 27.5 Å². The lowest BCUT2D eigenvalue weighted by Crippen LogP contribution is -2.09. The Labute approximate surface area is 172 Å². The summed E-state index contributed by atoms with van der Waals surface area (Å²) in [5, 5.41) is 20.7. The fourth-order valence-corrected chi connectivity index (χ4v) is 4.35. The number of hydrogen-bond donors (Lipinski definition) is 0. The number of fused-ring (bicyclic) bond motifs is 1. The molecular weight excluding hydrogens is 390 g/mol. The van der Waals surface area contributed by atoms with Crippen LogP contribution in [0.15, 0.2) is 41.4 Å². The number of pyridine rings is 1. The van der Waals surface area contributed by atoms with Gasteiger partial charge in [0.1, 0.15) is 11.8 Å². The molecule has 7 nitrogen and oxygen atoms in total. The second kappa shape index (κ2) is 8.37. The molecule has 0 aliphatic rings. The van der Waals surface area contributed by atoms with Crippen molar-refractivity contribution in [2.45, 2.75) is 31.4 Å². The van der Waals surface area contributed by atoms with Gasteiger partial charge in [-0.15, -0.1) is 11.8 Å². The molecule has 2 heterocycles. The average molecular weight is 409 g/mol. The first-order valence-electron chi connectivity index (χ1n) is 8.96. The van der Waals surface area contributed by atoms with Gasteiger partial charge in [0.2, 0.25) is 0 Å². The van der Waals surface area contributed by atoms with Crippen molar-refractivity contribution in [1.82, 2.24) is 4.40 Å². The molecule has 0 spiro atoms. The summed E-state index contributed by atoms with van der Waals surface area (Å²) in [5.74, 6) is -0.0336. The normalized spacial score (nSPS) is 10.7. The van der Waals surface area contributed by atoms with E-state index in [9.17, 15) is 20.2 Å². The molecule has 3 rings (SSSR count). The molecule has 2 aromatic heterocycles. The minimum absolute atomic E-state index is 0.0179. The molecule has 0 N–H and O–H groups in total. The maximum absolute atomic E-state index is 12.7. The number of nitriles is 1. The molecule has 0 radical (unpaired) electrons. The molecule has 1 aromatic carbocycles. The number of rotatable bonds is 6. The SMILES string of the molecule is CCOC(=O)c1c(SCc2ccc([N+](=O)[O-])cc2)c(C#N)c2c(C)cc(C)cn12. The van der Waals surface area contributed by atoms with Gasteiger partial charge < -0.3 is 9.14 Å². The standard InChI is InChI=1S/C21H19N3O4S/c1-4-28-21(25)19-20(29-12-15-5-7-16(8-6-15)24(26)27)17(10-22)18-14(3)9-13(2)11-23(18)19/h5-9,11H,4,12H2,1-3H3. The van der Waals surface area contributed by atoms with Crippen LogP contribution < -0.4 is 0 Å². The van der Waals surface area contributed by atoms with E-state index in [1.807, 2.05) is 26.1 Å². The van der Waals surface area contributed by atoms with Crippen LogP contribution in [0.2, 0.25) is 0 Å². The number of carbonyl (C=O) groups is 1. The molecule has 0 saturated heterocycles. The van der Waals surface area contributed by atoms with Crippen molar-refractivity contribution < 1.29 is 14.5 Å². The molecule has 0 aliphatic carbocycles. The monoisotopic (exact) mass is 409 g/mol. The zero-order chi connectivity index (χ0) is 21.1. The quantitative estimate of drug-likeness (QED) is 0.251. The predicted molar refractivity (Wildman–Crippen MR) is 110 cm³/mol. The van der Waals surface area contributed by atoms with Crippen molar-refractivity contribution in [3.8, 4) is 6.07 Å². The molecule has 29 heavy (non-hydrogen) atoms. The van der Waals surface area contributed by atoms with Crippen LogP contribution in [0.1, 0.15) is 39.7 Å². The molecule has 8 heteroatoms. The van der Waals surface area contributed by atoms with E-state index in [1.54, 1.807) is 23.5 Å². The maximum atomic E-state index is 12.7. The van der Waals surface area contributed by atoms with Gasteiger partial charge in [0, 0.05) is 24.1 Å². The Morgan fingerprint density at radius 1 is 1.31 bits per heavy atom. The van der Waals surface area contributed by atoms with Crippen LogP contribution in [0.25, 0.3) is 5.52 Å². The summed E-state index contributed by atoms with van der Waals surface area (Å²) in [5.41, 5.74) is 4.18. The van der Waals surface area contributed by atoms with E-state index in [0.717, 1.165) is 16.7 Å². The lowest BCUT2D eigenvalue weighted by Gasteiger charge is -2.07. The van der Waals surface area contributed by atoms with Gasteiger partial charge in [-0.3, -0.25) is 10.1 Å². The fraction of sp³-hybridized carbons (Fsp3) is 0.238. The van der Waals surface area contributed by atoms with Crippen LogP contribution in [-0.4, -0.2) is 21.9 Å². The number of esters is 1. The van der Waals surface area contributed by atoms with E-state index < -0.39 is 10.9 Å². The second-order valence-corrected chi connectivity index (χ2v) is 7.50. The van der Waals surface area contributed by atoms with Gasteiger partial charge in [-0.1, -0.05) is 18.2 Å². The van der Waals surface area contributed by atoms with Crippen molar-refractivity contribution in [3.05, 3.63) is 74.6 Å². The number of nitrogens with zero attached hydrogens (tertiary/aromatic N) is 3. The summed E-state index contributed by atoms with van der Waals surface area (Å²) in [6.45, 7) is 5.80. The molecule has 148 valence electrons. The maximum Gasteiger partial charge on any atom is 0.356 e. The predicted octanol–water partition coefficient (Wildman–Crippen LogP) is 4.81. The van der Waals surface area contributed by atoms with Crippen LogP contribution in [-0.2, 0) is 10.5 Å². The lowest BCUT2D eigenvalue weighted by molar-refractivity contribution is -0.384. The van der Waals surface area contributed by atoms with E-state index in [4.69, 9.17) is 4.74 Å². The van der Waals surface area contributed by atoms with Crippen LogP contribution in [0, 0.1) is 35.3 Å². The number of non-ortho nitro benzene ring substituents is 1. The number of aryl methyl sites for hydroxylation is 2. The molecule has 0 amide bonds. The largest absolute Gasteiger partial charge is 0.461 e. The lowest BCUT2D eigenvalue weighted by atomic mass is 10.1. The third-order valence-corrected chi connectivity index (χ3v) is 5.59. The number of nitro groups is 1. The van der Waals surface area contributed by atoms with Crippen LogP contribution in [0.5, 0.6) is 0 Å². The highest BCUT2D eigenvalue weighted by molar-refractivity contribution is 7.98. The third kappa shape index (κ3) is 3.96. The van der Waals surface area contributed by atoms with Gasteiger partial charge in [-0.05, 0) is 37.5 Å².